The minimum Gasteiger partial charge on any atom is -0.468 e. The molecule has 2 unspecified atom stereocenters. The molecule has 0 amide bonds. The molecular weight excluding hydrogens is 232 g/mol. The smallest absolute Gasteiger partial charge is 0.317 e. The molecule has 2 aliphatic carbocycles. The van der Waals surface area contributed by atoms with Crippen molar-refractivity contribution in [3.8, 4) is 0 Å². The lowest BCUT2D eigenvalue weighted by Gasteiger charge is -2.17. The van der Waals surface area contributed by atoms with Gasteiger partial charge in [-0.2, -0.15) is 0 Å². The maximum absolute atomic E-state index is 11.6. The Morgan fingerprint density at radius 1 is 0.889 bits per heavy atom. The fraction of sp³-hybridized carbons (Fsp3) is 0.286. The molecule has 4 nitrogen and oxygen atoms in total. The van der Waals surface area contributed by atoms with Gasteiger partial charge in [-0.15, -0.1) is 0 Å². The number of hydrogen-bond acceptors (Lipinski definition) is 4. The highest BCUT2D eigenvalue weighted by molar-refractivity contribution is 5.86. The summed E-state index contributed by atoms with van der Waals surface area (Å²) in [6.07, 6.45) is 10.8. The Morgan fingerprint density at radius 3 is 1.61 bits per heavy atom. The summed E-state index contributed by atoms with van der Waals surface area (Å²) in [6.45, 7) is 0. The lowest BCUT2D eigenvalue weighted by molar-refractivity contribution is -0.144. The number of esters is 2. The number of rotatable bonds is 3. The van der Waals surface area contributed by atoms with E-state index in [1.54, 1.807) is 24.3 Å². The Labute approximate surface area is 105 Å². The van der Waals surface area contributed by atoms with E-state index in [1.807, 2.05) is 12.2 Å². The van der Waals surface area contributed by atoms with Crippen molar-refractivity contribution in [1.82, 2.24) is 0 Å². The Bertz CT molecular complexity index is 448. The number of methoxy groups -OCH3 is 2. The highest BCUT2D eigenvalue weighted by atomic mass is 16.5. The molecule has 0 heterocycles. The average molecular weight is 246 g/mol. The summed E-state index contributed by atoms with van der Waals surface area (Å²) in [5.41, 5.74) is 1.59. The Hall–Kier alpha value is -2.10. The molecule has 0 fully saturated rings. The number of carbonyl (C=O) groups is 2. The second-order valence-electron chi connectivity index (χ2n) is 4.02. The van der Waals surface area contributed by atoms with Crippen LogP contribution in [0, 0.1) is 11.8 Å². The van der Waals surface area contributed by atoms with Gasteiger partial charge in [0, 0.05) is 0 Å². The first-order valence-electron chi connectivity index (χ1n) is 5.62. The second-order valence-corrected chi connectivity index (χ2v) is 4.02. The zero-order valence-electron chi connectivity index (χ0n) is 10.3. The van der Waals surface area contributed by atoms with Crippen LogP contribution in [0.2, 0.25) is 0 Å². The quantitative estimate of drug-likeness (QED) is 0.709. The third kappa shape index (κ3) is 2.01. The van der Waals surface area contributed by atoms with Gasteiger partial charge < -0.3 is 9.47 Å². The van der Waals surface area contributed by atoms with E-state index in [9.17, 15) is 9.59 Å². The molecule has 0 aliphatic heterocycles. The van der Waals surface area contributed by atoms with E-state index in [0.29, 0.717) is 0 Å². The minimum absolute atomic E-state index is 0.327. The van der Waals surface area contributed by atoms with Gasteiger partial charge in [-0.3, -0.25) is 9.59 Å². The second kappa shape index (κ2) is 5.04. The maximum Gasteiger partial charge on any atom is 0.317 e. The van der Waals surface area contributed by atoms with E-state index in [2.05, 4.69) is 0 Å². The summed E-state index contributed by atoms with van der Waals surface area (Å²) in [5, 5.41) is 0. The van der Waals surface area contributed by atoms with E-state index in [0.717, 1.165) is 11.1 Å². The van der Waals surface area contributed by atoms with E-state index in [-0.39, 0.29) is 11.9 Å². The SMILES string of the molecule is COC(=O)C1C=CC=C1C1=CC=CC1C(=O)OC. The lowest BCUT2D eigenvalue weighted by Crippen LogP contribution is -2.21. The van der Waals surface area contributed by atoms with Crippen molar-refractivity contribution < 1.29 is 19.1 Å². The molecule has 0 saturated carbocycles. The van der Waals surface area contributed by atoms with Crippen LogP contribution in [0.3, 0.4) is 0 Å². The van der Waals surface area contributed by atoms with Crippen molar-refractivity contribution in [2.75, 3.05) is 14.2 Å². The van der Waals surface area contributed by atoms with Crippen LogP contribution in [0.4, 0.5) is 0 Å². The van der Waals surface area contributed by atoms with E-state index >= 15 is 0 Å². The fourth-order valence-corrected chi connectivity index (χ4v) is 2.17. The van der Waals surface area contributed by atoms with Crippen molar-refractivity contribution in [2.24, 2.45) is 11.8 Å². The summed E-state index contributed by atoms with van der Waals surface area (Å²) in [5.74, 6) is -1.53. The van der Waals surface area contributed by atoms with Crippen molar-refractivity contribution in [1.29, 1.82) is 0 Å². The van der Waals surface area contributed by atoms with Crippen LogP contribution in [-0.4, -0.2) is 26.2 Å². The van der Waals surface area contributed by atoms with E-state index in [1.165, 1.54) is 14.2 Å². The molecule has 0 bridgehead atoms. The van der Waals surface area contributed by atoms with Gasteiger partial charge in [-0.25, -0.2) is 0 Å². The van der Waals surface area contributed by atoms with Crippen LogP contribution in [0.1, 0.15) is 0 Å². The number of ether oxygens (including phenoxy) is 2. The van der Waals surface area contributed by atoms with Crippen molar-refractivity contribution >= 4 is 11.9 Å². The third-order valence-electron chi connectivity index (χ3n) is 3.07. The van der Waals surface area contributed by atoms with E-state index in [4.69, 9.17) is 9.47 Å². The van der Waals surface area contributed by atoms with Gasteiger partial charge in [0.15, 0.2) is 0 Å². The van der Waals surface area contributed by atoms with Crippen LogP contribution in [-0.2, 0) is 19.1 Å². The highest BCUT2D eigenvalue weighted by Crippen LogP contribution is 2.35. The third-order valence-corrected chi connectivity index (χ3v) is 3.07. The highest BCUT2D eigenvalue weighted by Gasteiger charge is 2.33. The van der Waals surface area contributed by atoms with Crippen molar-refractivity contribution in [3.63, 3.8) is 0 Å². The molecule has 18 heavy (non-hydrogen) atoms. The zero-order valence-corrected chi connectivity index (χ0v) is 10.3. The first kappa shape index (κ1) is 12.4. The number of allylic oxidation sites excluding steroid dienone is 4. The topological polar surface area (TPSA) is 52.6 Å². The monoisotopic (exact) mass is 246 g/mol. The lowest BCUT2D eigenvalue weighted by atomic mass is 9.88. The Balaban J connectivity index is 2.23. The van der Waals surface area contributed by atoms with Crippen LogP contribution >= 0.6 is 0 Å². The predicted octanol–water partition coefficient (Wildman–Crippen LogP) is 1.56. The summed E-state index contributed by atoms with van der Waals surface area (Å²) in [6, 6.07) is 0. The first-order chi connectivity index (χ1) is 8.69. The molecule has 0 aromatic heterocycles. The van der Waals surface area contributed by atoms with Crippen LogP contribution in [0.5, 0.6) is 0 Å². The summed E-state index contributed by atoms with van der Waals surface area (Å²) >= 11 is 0. The normalized spacial score (nSPS) is 24.8. The molecule has 0 saturated heterocycles. The van der Waals surface area contributed by atoms with Gasteiger partial charge in [-0.1, -0.05) is 36.5 Å². The summed E-state index contributed by atoms with van der Waals surface area (Å²) in [7, 11) is 2.70. The molecule has 2 atom stereocenters. The summed E-state index contributed by atoms with van der Waals surface area (Å²) < 4.78 is 9.50. The number of carbonyl (C=O) groups excluding carboxylic acids is 2. The molecule has 0 aromatic carbocycles. The number of hydrogen-bond donors (Lipinski definition) is 0. The molecule has 0 N–H and O–H groups in total. The first-order valence-corrected chi connectivity index (χ1v) is 5.62. The van der Waals surface area contributed by atoms with Gasteiger partial charge >= 0.3 is 11.9 Å². The molecule has 0 spiro atoms. The van der Waals surface area contributed by atoms with Gasteiger partial charge in [0.25, 0.3) is 0 Å². The van der Waals surface area contributed by atoms with E-state index < -0.39 is 11.8 Å². The van der Waals surface area contributed by atoms with Gasteiger partial charge in [0.2, 0.25) is 0 Å². The molecule has 0 radical (unpaired) electrons. The average Bonchev–Trinajstić information content (AvgIpc) is 3.04. The van der Waals surface area contributed by atoms with Gasteiger partial charge in [-0.05, 0) is 11.1 Å². The van der Waals surface area contributed by atoms with Gasteiger partial charge in [0.1, 0.15) is 11.8 Å². The molecule has 94 valence electrons. The summed E-state index contributed by atoms with van der Waals surface area (Å²) in [4.78, 5) is 23.3. The van der Waals surface area contributed by atoms with Gasteiger partial charge in [0.05, 0.1) is 14.2 Å². The molecule has 2 aliphatic rings. The standard InChI is InChI=1S/C14H14O4/c1-17-13(15)11-7-3-5-9(11)10-6-4-8-12(10)14(16)18-2/h3-8,11-12H,1-2H3. The largest absolute Gasteiger partial charge is 0.468 e. The van der Waals surface area contributed by atoms with Crippen molar-refractivity contribution in [3.05, 3.63) is 47.6 Å². The minimum atomic E-state index is -0.437. The fourth-order valence-electron chi connectivity index (χ4n) is 2.17. The van der Waals surface area contributed by atoms with Crippen LogP contribution in [0.25, 0.3) is 0 Å². The zero-order chi connectivity index (χ0) is 13.1. The molecule has 0 aromatic rings. The maximum atomic E-state index is 11.6. The van der Waals surface area contributed by atoms with Crippen LogP contribution in [0.15, 0.2) is 47.6 Å². The molecular formula is C14H14O4. The van der Waals surface area contributed by atoms with Crippen LogP contribution < -0.4 is 0 Å². The van der Waals surface area contributed by atoms with Crippen molar-refractivity contribution in [2.45, 2.75) is 0 Å². The molecule has 4 heteroatoms. The Kier molecular flexibility index (Phi) is 3.46. The molecule has 2 rings (SSSR count). The Morgan fingerprint density at radius 2 is 1.28 bits per heavy atom. The predicted molar refractivity (Wildman–Crippen MR) is 65.5 cm³/mol.